The summed E-state index contributed by atoms with van der Waals surface area (Å²) in [7, 11) is 2.15. The van der Waals surface area contributed by atoms with E-state index in [0.717, 1.165) is 37.4 Å². The third-order valence-electron chi connectivity index (χ3n) is 3.44. The SMILES string of the molecule is CN1CCC(c2nnc(-c3ccncc3)o2)CC1. The van der Waals surface area contributed by atoms with Gasteiger partial charge in [0.25, 0.3) is 0 Å². The first-order valence-electron chi connectivity index (χ1n) is 6.25. The largest absolute Gasteiger partial charge is 0.420 e. The molecule has 0 spiro atoms. The van der Waals surface area contributed by atoms with Crippen LogP contribution in [0, 0.1) is 0 Å². The summed E-state index contributed by atoms with van der Waals surface area (Å²) in [6.45, 7) is 2.19. The van der Waals surface area contributed by atoms with Crippen molar-refractivity contribution in [2.24, 2.45) is 0 Å². The summed E-state index contributed by atoms with van der Waals surface area (Å²) in [5, 5.41) is 8.31. The summed E-state index contributed by atoms with van der Waals surface area (Å²) < 4.78 is 5.78. The van der Waals surface area contributed by atoms with E-state index >= 15 is 0 Å². The van der Waals surface area contributed by atoms with Gasteiger partial charge in [-0.25, -0.2) is 0 Å². The number of hydrogen-bond donors (Lipinski definition) is 0. The normalized spacial score (nSPS) is 18.1. The summed E-state index contributed by atoms with van der Waals surface area (Å²) in [5.74, 6) is 1.77. The fourth-order valence-corrected chi connectivity index (χ4v) is 2.27. The molecule has 5 heteroatoms. The molecule has 0 radical (unpaired) electrons. The van der Waals surface area contributed by atoms with Crippen molar-refractivity contribution in [3.8, 4) is 11.5 Å². The number of rotatable bonds is 2. The predicted octanol–water partition coefficient (Wildman–Crippen LogP) is 1.94. The Labute approximate surface area is 106 Å². The van der Waals surface area contributed by atoms with E-state index in [9.17, 15) is 0 Å². The molecule has 0 aromatic carbocycles. The van der Waals surface area contributed by atoms with Crippen LogP contribution in [0.1, 0.15) is 24.7 Å². The van der Waals surface area contributed by atoms with Gasteiger partial charge < -0.3 is 9.32 Å². The molecule has 0 amide bonds. The van der Waals surface area contributed by atoms with Gasteiger partial charge in [-0.3, -0.25) is 4.98 Å². The summed E-state index contributed by atoms with van der Waals surface area (Å²) in [4.78, 5) is 6.31. The maximum Gasteiger partial charge on any atom is 0.247 e. The first-order valence-corrected chi connectivity index (χ1v) is 6.25. The minimum absolute atomic E-state index is 0.407. The minimum Gasteiger partial charge on any atom is -0.420 e. The molecule has 5 nitrogen and oxygen atoms in total. The minimum atomic E-state index is 0.407. The quantitative estimate of drug-likeness (QED) is 0.808. The third kappa shape index (κ3) is 2.26. The van der Waals surface area contributed by atoms with Crippen LogP contribution in [0.25, 0.3) is 11.5 Å². The van der Waals surface area contributed by atoms with E-state index in [1.54, 1.807) is 12.4 Å². The highest BCUT2D eigenvalue weighted by Crippen LogP contribution is 2.28. The van der Waals surface area contributed by atoms with Gasteiger partial charge >= 0.3 is 0 Å². The van der Waals surface area contributed by atoms with Crippen LogP contribution in [0.2, 0.25) is 0 Å². The van der Waals surface area contributed by atoms with Crippen molar-refractivity contribution in [2.75, 3.05) is 20.1 Å². The number of nitrogens with zero attached hydrogens (tertiary/aromatic N) is 4. The van der Waals surface area contributed by atoms with Crippen LogP contribution >= 0.6 is 0 Å². The lowest BCUT2D eigenvalue weighted by molar-refractivity contribution is 0.237. The first-order chi connectivity index (χ1) is 8.83. The van der Waals surface area contributed by atoms with Gasteiger partial charge in [0.1, 0.15) is 0 Å². The van der Waals surface area contributed by atoms with Crippen molar-refractivity contribution in [3.05, 3.63) is 30.4 Å². The van der Waals surface area contributed by atoms with Crippen LogP contribution in [0.4, 0.5) is 0 Å². The highest BCUT2D eigenvalue weighted by molar-refractivity contribution is 5.50. The zero-order chi connectivity index (χ0) is 12.4. The number of likely N-dealkylation sites (tertiary alicyclic amines) is 1. The van der Waals surface area contributed by atoms with Crippen molar-refractivity contribution in [1.29, 1.82) is 0 Å². The van der Waals surface area contributed by atoms with Crippen molar-refractivity contribution in [1.82, 2.24) is 20.1 Å². The maximum atomic E-state index is 5.78. The molecule has 3 heterocycles. The van der Waals surface area contributed by atoms with E-state index in [-0.39, 0.29) is 0 Å². The van der Waals surface area contributed by atoms with E-state index < -0.39 is 0 Å². The second kappa shape index (κ2) is 4.86. The third-order valence-corrected chi connectivity index (χ3v) is 3.44. The second-order valence-electron chi connectivity index (χ2n) is 4.76. The molecule has 18 heavy (non-hydrogen) atoms. The lowest BCUT2D eigenvalue weighted by Crippen LogP contribution is -2.29. The van der Waals surface area contributed by atoms with Gasteiger partial charge in [-0.05, 0) is 45.1 Å². The molecule has 0 N–H and O–H groups in total. The smallest absolute Gasteiger partial charge is 0.247 e. The summed E-state index contributed by atoms with van der Waals surface area (Å²) in [6, 6.07) is 3.76. The van der Waals surface area contributed by atoms with E-state index in [1.165, 1.54) is 0 Å². The second-order valence-corrected chi connectivity index (χ2v) is 4.76. The molecular formula is C13H16N4O. The van der Waals surface area contributed by atoms with Crippen LogP contribution < -0.4 is 0 Å². The molecule has 1 aliphatic rings. The molecule has 94 valence electrons. The number of hydrogen-bond acceptors (Lipinski definition) is 5. The van der Waals surface area contributed by atoms with Crippen LogP contribution in [0.3, 0.4) is 0 Å². The van der Waals surface area contributed by atoms with Gasteiger partial charge in [0.05, 0.1) is 0 Å². The number of pyridine rings is 1. The molecule has 2 aromatic rings. The van der Waals surface area contributed by atoms with Crippen molar-refractivity contribution < 1.29 is 4.42 Å². The van der Waals surface area contributed by atoms with Gasteiger partial charge in [0.2, 0.25) is 11.8 Å². The molecule has 0 unspecified atom stereocenters. The molecule has 3 rings (SSSR count). The Morgan fingerprint density at radius 2 is 1.89 bits per heavy atom. The maximum absolute atomic E-state index is 5.78. The standard InChI is InChI=1S/C13H16N4O/c1-17-8-4-11(5-9-17)13-16-15-12(18-13)10-2-6-14-7-3-10/h2-3,6-7,11H,4-5,8-9H2,1H3. The molecule has 0 bridgehead atoms. The highest BCUT2D eigenvalue weighted by Gasteiger charge is 2.23. The van der Waals surface area contributed by atoms with E-state index in [2.05, 4.69) is 27.1 Å². The lowest BCUT2D eigenvalue weighted by Gasteiger charge is -2.26. The van der Waals surface area contributed by atoms with Crippen LogP contribution in [0.5, 0.6) is 0 Å². The Morgan fingerprint density at radius 1 is 1.17 bits per heavy atom. The van der Waals surface area contributed by atoms with Crippen LogP contribution in [-0.2, 0) is 0 Å². The molecule has 0 atom stereocenters. The Kier molecular flexibility index (Phi) is 3.06. The van der Waals surface area contributed by atoms with E-state index in [4.69, 9.17) is 4.42 Å². The molecule has 1 saturated heterocycles. The Morgan fingerprint density at radius 3 is 2.61 bits per heavy atom. The fourth-order valence-electron chi connectivity index (χ4n) is 2.27. The zero-order valence-electron chi connectivity index (χ0n) is 10.4. The number of aromatic nitrogens is 3. The van der Waals surface area contributed by atoms with Crippen molar-refractivity contribution in [3.63, 3.8) is 0 Å². The van der Waals surface area contributed by atoms with E-state index in [1.807, 2.05) is 12.1 Å². The van der Waals surface area contributed by atoms with Gasteiger partial charge in [0, 0.05) is 23.9 Å². The molecule has 0 aliphatic carbocycles. The summed E-state index contributed by atoms with van der Waals surface area (Å²) >= 11 is 0. The van der Waals surface area contributed by atoms with E-state index in [0.29, 0.717) is 11.8 Å². The van der Waals surface area contributed by atoms with Gasteiger partial charge in [0.15, 0.2) is 0 Å². The van der Waals surface area contributed by atoms with Gasteiger partial charge in [-0.2, -0.15) is 0 Å². The monoisotopic (exact) mass is 244 g/mol. The summed E-state index contributed by atoms with van der Waals surface area (Å²) in [6.07, 6.45) is 5.65. The Bertz CT molecular complexity index is 503. The summed E-state index contributed by atoms with van der Waals surface area (Å²) in [5.41, 5.74) is 0.927. The average molecular weight is 244 g/mol. The van der Waals surface area contributed by atoms with Crippen LogP contribution in [-0.4, -0.2) is 40.2 Å². The van der Waals surface area contributed by atoms with Crippen molar-refractivity contribution >= 4 is 0 Å². The van der Waals surface area contributed by atoms with Gasteiger partial charge in [-0.1, -0.05) is 0 Å². The highest BCUT2D eigenvalue weighted by atomic mass is 16.4. The topological polar surface area (TPSA) is 55.1 Å². The Hall–Kier alpha value is -1.75. The average Bonchev–Trinajstić information content (AvgIpc) is 2.90. The molecule has 0 saturated carbocycles. The van der Waals surface area contributed by atoms with Gasteiger partial charge in [-0.15, -0.1) is 10.2 Å². The predicted molar refractivity (Wildman–Crippen MR) is 67.0 cm³/mol. The molecule has 1 aliphatic heterocycles. The van der Waals surface area contributed by atoms with Crippen molar-refractivity contribution in [2.45, 2.75) is 18.8 Å². The lowest BCUT2D eigenvalue weighted by atomic mass is 9.97. The molecular weight excluding hydrogens is 228 g/mol. The molecule has 2 aromatic heterocycles. The zero-order valence-corrected chi connectivity index (χ0v) is 10.4. The van der Waals surface area contributed by atoms with Crippen LogP contribution in [0.15, 0.2) is 28.9 Å². The number of piperidine rings is 1. The fraction of sp³-hybridized carbons (Fsp3) is 0.462. The Balaban J connectivity index is 1.78. The first kappa shape index (κ1) is 11.3. The molecule has 1 fully saturated rings.